The molecule has 3 heteroatoms. The second-order valence-electron chi connectivity index (χ2n) is 4.52. The SMILES string of the molecule is CCCc1ccc(C(C(=O)O)c2ccccn2)cc1. The van der Waals surface area contributed by atoms with Crippen molar-refractivity contribution in [1.29, 1.82) is 0 Å². The van der Waals surface area contributed by atoms with Crippen molar-refractivity contribution in [2.75, 3.05) is 0 Å². The van der Waals surface area contributed by atoms with Crippen LogP contribution >= 0.6 is 0 Å². The highest BCUT2D eigenvalue weighted by atomic mass is 16.4. The van der Waals surface area contributed by atoms with E-state index in [0.29, 0.717) is 5.69 Å². The predicted molar refractivity (Wildman–Crippen MR) is 74.2 cm³/mol. The average Bonchev–Trinajstić information content (AvgIpc) is 2.42. The fourth-order valence-electron chi connectivity index (χ4n) is 2.15. The van der Waals surface area contributed by atoms with Crippen LogP contribution in [0.5, 0.6) is 0 Å². The van der Waals surface area contributed by atoms with E-state index in [1.165, 1.54) is 5.56 Å². The van der Waals surface area contributed by atoms with Gasteiger partial charge >= 0.3 is 5.97 Å². The van der Waals surface area contributed by atoms with Crippen molar-refractivity contribution in [3.8, 4) is 0 Å². The van der Waals surface area contributed by atoms with Crippen LogP contribution in [-0.2, 0) is 11.2 Å². The number of carboxylic acids is 1. The first-order valence-electron chi connectivity index (χ1n) is 6.45. The van der Waals surface area contributed by atoms with E-state index in [-0.39, 0.29) is 0 Å². The van der Waals surface area contributed by atoms with Gasteiger partial charge in [-0.1, -0.05) is 43.7 Å². The summed E-state index contributed by atoms with van der Waals surface area (Å²) in [7, 11) is 0. The van der Waals surface area contributed by atoms with Crippen molar-refractivity contribution in [2.24, 2.45) is 0 Å². The molecule has 0 amide bonds. The molecule has 2 rings (SSSR count). The summed E-state index contributed by atoms with van der Waals surface area (Å²) in [5.41, 5.74) is 2.57. The summed E-state index contributed by atoms with van der Waals surface area (Å²) in [6, 6.07) is 13.1. The zero-order valence-corrected chi connectivity index (χ0v) is 10.9. The maximum absolute atomic E-state index is 11.5. The molecule has 1 atom stereocenters. The van der Waals surface area contributed by atoms with Gasteiger partial charge in [0.1, 0.15) is 5.92 Å². The summed E-state index contributed by atoms with van der Waals surface area (Å²) in [6.45, 7) is 2.13. The standard InChI is InChI=1S/C16H17NO2/c1-2-5-12-7-9-13(10-8-12)15(16(18)19)14-6-3-4-11-17-14/h3-4,6-11,15H,2,5H2,1H3,(H,18,19). The number of pyridine rings is 1. The lowest BCUT2D eigenvalue weighted by Crippen LogP contribution is -2.14. The molecule has 0 fully saturated rings. The lowest BCUT2D eigenvalue weighted by atomic mass is 9.94. The number of aryl methyl sites for hydroxylation is 1. The van der Waals surface area contributed by atoms with E-state index >= 15 is 0 Å². The molecule has 1 aromatic carbocycles. The van der Waals surface area contributed by atoms with E-state index in [4.69, 9.17) is 0 Å². The summed E-state index contributed by atoms with van der Waals surface area (Å²) in [4.78, 5) is 15.6. The van der Waals surface area contributed by atoms with E-state index in [1.807, 2.05) is 30.3 Å². The lowest BCUT2D eigenvalue weighted by molar-refractivity contribution is -0.137. The topological polar surface area (TPSA) is 50.2 Å². The van der Waals surface area contributed by atoms with Crippen LogP contribution in [-0.4, -0.2) is 16.1 Å². The number of hydrogen-bond donors (Lipinski definition) is 1. The molecule has 0 aliphatic heterocycles. The minimum absolute atomic E-state index is 0.568. The monoisotopic (exact) mass is 255 g/mol. The quantitative estimate of drug-likeness (QED) is 0.892. The number of benzene rings is 1. The molecule has 0 aliphatic carbocycles. The molecule has 0 saturated carbocycles. The second-order valence-corrected chi connectivity index (χ2v) is 4.52. The van der Waals surface area contributed by atoms with Crippen LogP contribution in [0.3, 0.4) is 0 Å². The number of nitrogens with zero attached hydrogens (tertiary/aromatic N) is 1. The van der Waals surface area contributed by atoms with Gasteiger partial charge in [0.2, 0.25) is 0 Å². The van der Waals surface area contributed by atoms with Crippen LogP contribution in [0.2, 0.25) is 0 Å². The zero-order valence-electron chi connectivity index (χ0n) is 10.9. The van der Waals surface area contributed by atoms with Crippen LogP contribution < -0.4 is 0 Å². The highest BCUT2D eigenvalue weighted by Crippen LogP contribution is 2.23. The predicted octanol–water partition coefficient (Wildman–Crippen LogP) is 3.25. The highest BCUT2D eigenvalue weighted by Gasteiger charge is 2.22. The maximum atomic E-state index is 11.5. The molecular weight excluding hydrogens is 238 g/mol. The van der Waals surface area contributed by atoms with Gasteiger partial charge in [-0.2, -0.15) is 0 Å². The van der Waals surface area contributed by atoms with Gasteiger partial charge in [-0.15, -0.1) is 0 Å². The smallest absolute Gasteiger partial charge is 0.317 e. The normalized spacial score (nSPS) is 12.1. The van der Waals surface area contributed by atoms with Gasteiger partial charge in [0.05, 0.1) is 5.69 Å². The minimum atomic E-state index is -0.873. The Hall–Kier alpha value is -2.16. The fourth-order valence-corrected chi connectivity index (χ4v) is 2.15. The van der Waals surface area contributed by atoms with Crippen molar-refractivity contribution < 1.29 is 9.90 Å². The Balaban J connectivity index is 2.32. The Morgan fingerprint density at radius 3 is 2.47 bits per heavy atom. The third kappa shape index (κ3) is 3.19. The lowest BCUT2D eigenvalue weighted by Gasteiger charge is -2.12. The van der Waals surface area contributed by atoms with Crippen LogP contribution in [0.25, 0.3) is 0 Å². The van der Waals surface area contributed by atoms with Crippen molar-refractivity contribution in [1.82, 2.24) is 4.98 Å². The largest absolute Gasteiger partial charge is 0.480 e. The van der Waals surface area contributed by atoms with Gasteiger partial charge < -0.3 is 5.11 Å². The molecule has 0 radical (unpaired) electrons. The Kier molecular flexibility index (Phi) is 4.29. The van der Waals surface area contributed by atoms with Gasteiger partial charge in [-0.3, -0.25) is 9.78 Å². The Labute approximate surface area is 112 Å². The number of aromatic nitrogens is 1. The number of hydrogen-bond acceptors (Lipinski definition) is 2. The molecule has 1 N–H and O–H groups in total. The molecule has 98 valence electrons. The molecule has 1 unspecified atom stereocenters. The molecule has 0 spiro atoms. The summed E-state index contributed by atoms with van der Waals surface area (Å²) in [5, 5.41) is 9.41. The molecular formula is C16H17NO2. The zero-order chi connectivity index (χ0) is 13.7. The molecule has 1 heterocycles. The molecule has 0 saturated heterocycles. The molecule has 1 aromatic heterocycles. The number of carbonyl (C=O) groups is 1. The van der Waals surface area contributed by atoms with Gasteiger partial charge in [-0.25, -0.2) is 0 Å². The van der Waals surface area contributed by atoms with Gasteiger partial charge in [0, 0.05) is 6.20 Å². The third-order valence-electron chi connectivity index (χ3n) is 3.08. The first-order chi connectivity index (χ1) is 9.22. The number of aliphatic carboxylic acids is 1. The van der Waals surface area contributed by atoms with Crippen molar-refractivity contribution in [3.05, 3.63) is 65.5 Å². The van der Waals surface area contributed by atoms with Crippen LogP contribution in [0.1, 0.15) is 36.1 Å². The molecule has 0 aliphatic rings. The highest BCUT2D eigenvalue weighted by molar-refractivity contribution is 5.79. The first-order valence-corrected chi connectivity index (χ1v) is 6.45. The van der Waals surface area contributed by atoms with E-state index in [1.54, 1.807) is 18.3 Å². The van der Waals surface area contributed by atoms with Crippen LogP contribution in [0.15, 0.2) is 48.7 Å². The molecule has 2 aromatic rings. The van der Waals surface area contributed by atoms with E-state index in [9.17, 15) is 9.90 Å². The number of rotatable bonds is 5. The van der Waals surface area contributed by atoms with Gasteiger partial charge in [-0.05, 0) is 29.7 Å². The molecule has 3 nitrogen and oxygen atoms in total. The number of carboxylic acid groups (broad SMARTS) is 1. The Morgan fingerprint density at radius 1 is 1.21 bits per heavy atom. The maximum Gasteiger partial charge on any atom is 0.317 e. The summed E-state index contributed by atoms with van der Waals surface area (Å²) < 4.78 is 0. The Bertz CT molecular complexity index is 534. The minimum Gasteiger partial charge on any atom is -0.480 e. The Morgan fingerprint density at radius 2 is 1.95 bits per heavy atom. The first kappa shape index (κ1) is 13.3. The second kappa shape index (κ2) is 6.14. The van der Waals surface area contributed by atoms with E-state index in [2.05, 4.69) is 11.9 Å². The van der Waals surface area contributed by atoms with Crippen molar-refractivity contribution in [3.63, 3.8) is 0 Å². The summed E-state index contributed by atoms with van der Waals surface area (Å²) in [6.07, 6.45) is 3.72. The van der Waals surface area contributed by atoms with Gasteiger partial charge in [0.15, 0.2) is 0 Å². The van der Waals surface area contributed by atoms with Crippen molar-refractivity contribution in [2.45, 2.75) is 25.7 Å². The third-order valence-corrected chi connectivity index (χ3v) is 3.08. The van der Waals surface area contributed by atoms with E-state index in [0.717, 1.165) is 18.4 Å². The average molecular weight is 255 g/mol. The van der Waals surface area contributed by atoms with Crippen LogP contribution in [0.4, 0.5) is 0 Å². The van der Waals surface area contributed by atoms with E-state index < -0.39 is 11.9 Å². The van der Waals surface area contributed by atoms with Crippen LogP contribution in [0, 0.1) is 0 Å². The van der Waals surface area contributed by atoms with Gasteiger partial charge in [0.25, 0.3) is 0 Å². The van der Waals surface area contributed by atoms with Crippen molar-refractivity contribution >= 4 is 5.97 Å². The fraction of sp³-hybridized carbons (Fsp3) is 0.250. The molecule has 0 bridgehead atoms. The summed E-state index contributed by atoms with van der Waals surface area (Å²) in [5.74, 6) is -1.57. The molecule has 19 heavy (non-hydrogen) atoms. The summed E-state index contributed by atoms with van der Waals surface area (Å²) >= 11 is 0.